The molecule has 19 heavy (non-hydrogen) atoms. The molecule has 1 aromatic carbocycles. The van der Waals surface area contributed by atoms with Gasteiger partial charge in [-0.05, 0) is 31.9 Å². The Labute approximate surface area is 123 Å². The second-order valence-electron chi connectivity index (χ2n) is 3.76. The maximum absolute atomic E-state index is 13.0. The Morgan fingerprint density at radius 1 is 1.37 bits per heavy atom. The van der Waals surface area contributed by atoms with Crippen molar-refractivity contribution in [2.75, 3.05) is 18.5 Å². The monoisotopic (exact) mass is 403 g/mol. The summed E-state index contributed by atoms with van der Waals surface area (Å²) in [7, 11) is 0. The van der Waals surface area contributed by atoms with Crippen LogP contribution in [0.4, 0.5) is 14.5 Å². The van der Waals surface area contributed by atoms with Gasteiger partial charge in [-0.1, -0.05) is 0 Å². The van der Waals surface area contributed by atoms with Crippen LogP contribution in [0.3, 0.4) is 0 Å². The van der Waals surface area contributed by atoms with Gasteiger partial charge >= 0.3 is 6.29 Å². The zero-order chi connectivity index (χ0) is 14.2. The van der Waals surface area contributed by atoms with E-state index in [-0.39, 0.29) is 22.5 Å². The van der Waals surface area contributed by atoms with Crippen molar-refractivity contribution in [2.45, 2.75) is 12.4 Å². The molecule has 0 fully saturated rings. The highest BCUT2D eigenvalue weighted by atomic mass is 79.9. The normalized spacial score (nSPS) is 17.4. The van der Waals surface area contributed by atoms with Crippen LogP contribution in [0.2, 0.25) is 0 Å². The average molecular weight is 405 g/mol. The predicted molar refractivity (Wildman–Crippen MR) is 69.6 cm³/mol. The number of nitrogens with one attached hydrogen (secondary N) is 1. The van der Waals surface area contributed by atoms with E-state index in [9.17, 15) is 13.9 Å². The number of benzene rings is 1. The molecule has 5 nitrogen and oxygen atoms in total. The van der Waals surface area contributed by atoms with E-state index in [1.807, 2.05) is 0 Å². The van der Waals surface area contributed by atoms with Crippen LogP contribution < -0.4 is 14.8 Å². The van der Waals surface area contributed by atoms with Crippen LogP contribution in [-0.2, 0) is 0 Å². The fraction of sp³-hybridized carbons (Fsp3) is 0.400. The summed E-state index contributed by atoms with van der Waals surface area (Å²) in [6.07, 6.45) is -4.67. The quantitative estimate of drug-likeness (QED) is 0.718. The highest BCUT2D eigenvalue weighted by molar-refractivity contribution is 9.11. The van der Waals surface area contributed by atoms with E-state index in [1.165, 1.54) is 6.07 Å². The van der Waals surface area contributed by atoms with Gasteiger partial charge in [-0.15, -0.1) is 8.78 Å². The zero-order valence-electron chi connectivity index (χ0n) is 9.29. The van der Waals surface area contributed by atoms with Crippen LogP contribution in [0.25, 0.3) is 0 Å². The Bertz CT molecular complexity index is 501. The van der Waals surface area contributed by atoms with Crippen molar-refractivity contribution in [1.82, 2.24) is 0 Å². The SMILES string of the molecule is OCC(O)CNc1c(Br)cc2c(c1Br)OC(F)(F)O2. The minimum absolute atomic E-state index is 0.0454. The summed E-state index contributed by atoms with van der Waals surface area (Å²) in [5.41, 5.74) is 0.410. The fourth-order valence-electron chi connectivity index (χ4n) is 1.46. The Balaban J connectivity index is 2.27. The summed E-state index contributed by atoms with van der Waals surface area (Å²) < 4.78 is 35.3. The predicted octanol–water partition coefficient (Wildman–Crippen LogP) is 2.30. The molecule has 0 spiro atoms. The number of hydrogen-bond donors (Lipinski definition) is 3. The van der Waals surface area contributed by atoms with Crippen molar-refractivity contribution in [2.24, 2.45) is 0 Å². The van der Waals surface area contributed by atoms with Crippen molar-refractivity contribution in [3.05, 3.63) is 15.0 Å². The highest BCUT2D eigenvalue weighted by Crippen LogP contribution is 2.51. The largest absolute Gasteiger partial charge is 0.586 e. The van der Waals surface area contributed by atoms with Gasteiger partial charge < -0.3 is 25.0 Å². The van der Waals surface area contributed by atoms with Gasteiger partial charge in [0, 0.05) is 17.1 Å². The summed E-state index contributed by atoms with van der Waals surface area (Å²) in [6.45, 7) is -0.366. The van der Waals surface area contributed by atoms with Gasteiger partial charge in [-0.25, -0.2) is 0 Å². The minimum atomic E-state index is -3.70. The Hall–Kier alpha value is -0.640. The lowest BCUT2D eigenvalue weighted by molar-refractivity contribution is -0.286. The van der Waals surface area contributed by atoms with E-state index in [4.69, 9.17) is 5.11 Å². The number of aliphatic hydroxyl groups excluding tert-OH is 2. The zero-order valence-corrected chi connectivity index (χ0v) is 12.5. The van der Waals surface area contributed by atoms with Gasteiger partial charge in [0.2, 0.25) is 0 Å². The summed E-state index contributed by atoms with van der Waals surface area (Å²) in [5.74, 6) is -0.230. The first kappa shape index (κ1) is 14.8. The van der Waals surface area contributed by atoms with E-state index in [1.54, 1.807) is 0 Å². The molecule has 1 aliphatic rings. The van der Waals surface area contributed by atoms with Gasteiger partial charge in [0.25, 0.3) is 0 Å². The van der Waals surface area contributed by atoms with Crippen LogP contribution in [0.1, 0.15) is 0 Å². The van der Waals surface area contributed by atoms with Gasteiger partial charge in [0.05, 0.1) is 22.9 Å². The van der Waals surface area contributed by atoms with Gasteiger partial charge in [0.1, 0.15) is 0 Å². The first-order chi connectivity index (χ1) is 8.84. The Kier molecular flexibility index (Phi) is 4.19. The van der Waals surface area contributed by atoms with Crippen molar-refractivity contribution >= 4 is 37.5 Å². The number of halogens is 4. The van der Waals surface area contributed by atoms with Crippen molar-refractivity contribution in [1.29, 1.82) is 0 Å². The van der Waals surface area contributed by atoms with Gasteiger partial charge in [-0.3, -0.25) is 0 Å². The third-order valence-corrected chi connectivity index (χ3v) is 3.70. The third-order valence-electron chi connectivity index (χ3n) is 2.31. The molecule has 1 atom stereocenters. The molecule has 2 rings (SSSR count). The number of ether oxygens (including phenoxy) is 2. The second kappa shape index (κ2) is 5.39. The smallest absolute Gasteiger partial charge is 0.395 e. The van der Waals surface area contributed by atoms with E-state index < -0.39 is 19.0 Å². The second-order valence-corrected chi connectivity index (χ2v) is 5.41. The Morgan fingerprint density at radius 2 is 2.05 bits per heavy atom. The lowest BCUT2D eigenvalue weighted by Crippen LogP contribution is -2.26. The molecule has 0 radical (unpaired) electrons. The minimum Gasteiger partial charge on any atom is -0.395 e. The highest BCUT2D eigenvalue weighted by Gasteiger charge is 2.45. The van der Waals surface area contributed by atoms with Crippen molar-refractivity contribution < 1.29 is 28.5 Å². The molecule has 0 amide bonds. The fourth-order valence-corrected chi connectivity index (χ4v) is 2.91. The van der Waals surface area contributed by atoms with E-state index in [0.717, 1.165) is 0 Å². The van der Waals surface area contributed by atoms with Crippen LogP contribution >= 0.6 is 31.9 Å². The lowest BCUT2D eigenvalue weighted by atomic mass is 10.2. The summed E-state index contributed by atoms with van der Waals surface area (Å²) in [5, 5.41) is 20.8. The Morgan fingerprint density at radius 3 is 2.68 bits per heavy atom. The molecule has 9 heteroatoms. The lowest BCUT2D eigenvalue weighted by Gasteiger charge is -2.14. The molecule has 106 valence electrons. The van der Waals surface area contributed by atoms with Crippen LogP contribution in [-0.4, -0.2) is 35.8 Å². The first-order valence-electron chi connectivity index (χ1n) is 5.14. The van der Waals surface area contributed by atoms with E-state index in [0.29, 0.717) is 10.2 Å². The molecule has 0 saturated heterocycles. The van der Waals surface area contributed by atoms with Crippen LogP contribution in [0.5, 0.6) is 11.5 Å². The van der Waals surface area contributed by atoms with E-state index in [2.05, 4.69) is 46.7 Å². The maximum Gasteiger partial charge on any atom is 0.586 e. The average Bonchev–Trinajstić information content (AvgIpc) is 2.63. The van der Waals surface area contributed by atoms with Gasteiger partial charge in [-0.2, -0.15) is 0 Å². The van der Waals surface area contributed by atoms with Crippen LogP contribution in [0, 0.1) is 0 Å². The van der Waals surface area contributed by atoms with Crippen molar-refractivity contribution in [3.8, 4) is 11.5 Å². The molecule has 3 N–H and O–H groups in total. The standard InChI is InChI=1S/C10H9Br2F2NO4/c11-5-1-6-9(19-10(13,14)18-6)7(12)8(5)15-2-4(17)3-16/h1,4,15-17H,2-3H2. The molecule has 0 bridgehead atoms. The molecule has 1 aliphatic heterocycles. The maximum atomic E-state index is 13.0. The third kappa shape index (κ3) is 3.10. The molecule has 0 aromatic heterocycles. The number of aliphatic hydroxyl groups is 2. The van der Waals surface area contributed by atoms with Gasteiger partial charge in [0.15, 0.2) is 11.5 Å². The summed E-state index contributed by atoms with van der Waals surface area (Å²) >= 11 is 6.33. The number of hydrogen-bond acceptors (Lipinski definition) is 5. The molecule has 1 heterocycles. The molecule has 1 unspecified atom stereocenters. The van der Waals surface area contributed by atoms with Crippen LogP contribution in [0.15, 0.2) is 15.0 Å². The molecule has 0 aliphatic carbocycles. The number of alkyl halides is 2. The summed E-state index contributed by atoms with van der Waals surface area (Å²) in [4.78, 5) is 0. The van der Waals surface area contributed by atoms with E-state index >= 15 is 0 Å². The first-order valence-corrected chi connectivity index (χ1v) is 6.73. The van der Waals surface area contributed by atoms with Crippen molar-refractivity contribution in [3.63, 3.8) is 0 Å². The molecular formula is C10H9Br2F2NO4. The summed E-state index contributed by atoms with van der Waals surface area (Å²) in [6, 6.07) is 1.33. The number of anilines is 1. The molecule has 0 saturated carbocycles. The topological polar surface area (TPSA) is 71.0 Å². The number of rotatable bonds is 4. The molecular weight excluding hydrogens is 396 g/mol. The number of fused-ring (bicyclic) bond motifs is 1. The molecule has 1 aromatic rings.